The van der Waals surface area contributed by atoms with Gasteiger partial charge in [0, 0.05) is 26.6 Å². The molecule has 0 unspecified atom stereocenters. The second kappa shape index (κ2) is 3.92. The topological polar surface area (TPSA) is 29.1 Å². The molecule has 0 saturated carbocycles. The smallest absolute Gasteiger partial charge is 0.291 e. The van der Waals surface area contributed by atoms with Gasteiger partial charge in [-0.15, -0.1) is 0 Å². The van der Waals surface area contributed by atoms with Crippen LogP contribution < -0.4 is 5.32 Å². The molecule has 1 rings (SSSR count). The number of rotatable bonds is 1. The molecule has 0 aliphatic carbocycles. The zero-order valence-electron chi connectivity index (χ0n) is 6.40. The molecule has 64 valence electrons. The average molecular weight is 249 g/mol. The predicted octanol–water partition coefficient (Wildman–Crippen LogP) is 3.58. The van der Waals surface area contributed by atoms with Crippen molar-refractivity contribution in [3.63, 3.8) is 0 Å². The summed E-state index contributed by atoms with van der Waals surface area (Å²) in [4.78, 5) is 10.4. The van der Waals surface area contributed by atoms with Gasteiger partial charge in [-0.1, -0.05) is 17.7 Å². The Hall–Kier alpha value is -0.540. The van der Waals surface area contributed by atoms with E-state index in [1.807, 2.05) is 6.92 Å². The van der Waals surface area contributed by atoms with Crippen molar-refractivity contribution in [1.29, 1.82) is 0 Å². The number of carbonyl (C=O) groups is 1. The molecule has 2 nitrogen and oxygen atoms in total. The lowest BCUT2D eigenvalue weighted by Crippen LogP contribution is -2.01. The second-order valence-corrected chi connectivity index (χ2v) is 3.44. The van der Waals surface area contributed by atoms with Gasteiger partial charge in [-0.2, -0.15) is 0 Å². The van der Waals surface area contributed by atoms with Gasteiger partial charge < -0.3 is 5.32 Å². The summed E-state index contributed by atoms with van der Waals surface area (Å²) >= 11 is 8.61. The molecule has 0 atom stereocenters. The molecule has 4 heteroatoms. The Kier molecular flexibility index (Phi) is 3.12. The van der Waals surface area contributed by atoms with E-state index in [9.17, 15) is 4.79 Å². The van der Waals surface area contributed by atoms with Crippen molar-refractivity contribution in [3.05, 3.63) is 28.8 Å². The van der Waals surface area contributed by atoms with Crippen molar-refractivity contribution >= 4 is 38.0 Å². The molecule has 1 N–H and O–H groups in total. The summed E-state index contributed by atoms with van der Waals surface area (Å²) < 4.78 is 0. The zero-order valence-corrected chi connectivity index (χ0v) is 8.74. The summed E-state index contributed by atoms with van der Waals surface area (Å²) in [5.41, 5.74) is 1.59. The van der Waals surface area contributed by atoms with E-state index in [4.69, 9.17) is 11.6 Å². The van der Waals surface area contributed by atoms with Gasteiger partial charge in [0.15, 0.2) is 0 Å². The normalized spacial score (nSPS) is 9.58. The first-order chi connectivity index (χ1) is 5.61. The number of anilines is 1. The van der Waals surface area contributed by atoms with E-state index in [2.05, 4.69) is 21.2 Å². The van der Waals surface area contributed by atoms with Crippen LogP contribution in [-0.4, -0.2) is 4.82 Å². The fraction of sp³-hybridized carbons (Fsp3) is 0.125. The summed E-state index contributed by atoms with van der Waals surface area (Å²) in [6, 6.07) is 5.36. The molecule has 0 saturated heterocycles. The first-order valence-electron chi connectivity index (χ1n) is 3.33. The van der Waals surface area contributed by atoms with Crippen LogP contribution in [0.4, 0.5) is 10.5 Å². The quantitative estimate of drug-likeness (QED) is 0.597. The van der Waals surface area contributed by atoms with Gasteiger partial charge in [0.05, 0.1) is 0 Å². The van der Waals surface area contributed by atoms with Crippen LogP contribution in [0.3, 0.4) is 0 Å². The van der Waals surface area contributed by atoms with E-state index in [0.29, 0.717) is 5.02 Å². The molecule has 12 heavy (non-hydrogen) atoms. The van der Waals surface area contributed by atoms with E-state index in [1.165, 1.54) is 0 Å². The first-order valence-corrected chi connectivity index (χ1v) is 4.50. The van der Waals surface area contributed by atoms with Crippen molar-refractivity contribution < 1.29 is 4.79 Å². The highest BCUT2D eigenvalue weighted by Gasteiger charge is 2.02. The number of halogens is 2. The third kappa shape index (κ3) is 2.22. The average Bonchev–Trinajstić information content (AvgIpc) is 1.98. The van der Waals surface area contributed by atoms with Crippen molar-refractivity contribution in [3.8, 4) is 0 Å². The molecule has 1 aromatic rings. The van der Waals surface area contributed by atoms with Crippen molar-refractivity contribution in [1.82, 2.24) is 0 Å². The van der Waals surface area contributed by atoms with Crippen molar-refractivity contribution in [2.45, 2.75) is 6.92 Å². The lowest BCUT2D eigenvalue weighted by molar-refractivity contribution is 0.270. The molecule has 0 aliphatic heterocycles. The lowest BCUT2D eigenvalue weighted by Gasteiger charge is -2.05. The summed E-state index contributed by atoms with van der Waals surface area (Å²) in [6.07, 6.45) is 0. The largest absolute Gasteiger partial charge is 0.316 e. The molecule has 1 aromatic carbocycles. The summed E-state index contributed by atoms with van der Waals surface area (Å²) in [5, 5.41) is 3.25. The Bertz CT molecular complexity index is 314. The van der Waals surface area contributed by atoms with Crippen LogP contribution in [0.2, 0.25) is 5.02 Å². The Labute approximate surface area is 84.0 Å². The van der Waals surface area contributed by atoms with Crippen molar-refractivity contribution in [2.24, 2.45) is 0 Å². The minimum absolute atomic E-state index is 0.270. The first kappa shape index (κ1) is 9.55. The molecular formula is C8H7BrClNO. The summed E-state index contributed by atoms with van der Waals surface area (Å²) in [7, 11) is 0. The summed E-state index contributed by atoms with van der Waals surface area (Å²) in [5.74, 6) is 0. The van der Waals surface area contributed by atoms with Gasteiger partial charge in [-0.3, -0.25) is 4.79 Å². The lowest BCUT2D eigenvalue weighted by atomic mass is 10.2. The number of nitrogens with one attached hydrogen (secondary N) is 1. The van der Waals surface area contributed by atoms with Crippen molar-refractivity contribution in [2.75, 3.05) is 5.32 Å². The number of amides is 1. The van der Waals surface area contributed by atoms with Crippen LogP contribution in [0.5, 0.6) is 0 Å². The molecule has 0 bridgehead atoms. The highest BCUT2D eigenvalue weighted by Crippen LogP contribution is 2.23. The Balaban J connectivity index is 3.00. The molecular weight excluding hydrogens is 241 g/mol. The molecule has 0 aromatic heterocycles. The number of hydrogen-bond acceptors (Lipinski definition) is 1. The maximum Gasteiger partial charge on any atom is 0.291 e. The van der Waals surface area contributed by atoms with E-state index in [1.54, 1.807) is 18.2 Å². The highest BCUT2D eigenvalue weighted by molar-refractivity contribution is 9.18. The van der Waals surface area contributed by atoms with Crippen LogP contribution in [0.25, 0.3) is 0 Å². The van der Waals surface area contributed by atoms with Gasteiger partial charge in [-0.05, 0) is 24.6 Å². The third-order valence-corrected chi connectivity index (χ3v) is 2.11. The van der Waals surface area contributed by atoms with Gasteiger partial charge >= 0.3 is 0 Å². The minimum Gasteiger partial charge on any atom is -0.316 e. The van der Waals surface area contributed by atoms with Gasteiger partial charge in [0.25, 0.3) is 4.82 Å². The maximum atomic E-state index is 10.6. The molecule has 0 radical (unpaired) electrons. The van der Waals surface area contributed by atoms with Gasteiger partial charge in [0.2, 0.25) is 0 Å². The minimum atomic E-state index is -0.270. The highest BCUT2D eigenvalue weighted by atomic mass is 79.9. The number of hydrogen-bond donors (Lipinski definition) is 1. The molecule has 0 heterocycles. The number of benzene rings is 1. The van der Waals surface area contributed by atoms with E-state index in [0.717, 1.165) is 11.3 Å². The van der Waals surface area contributed by atoms with Crippen LogP contribution >= 0.6 is 27.5 Å². The zero-order chi connectivity index (χ0) is 9.14. The monoisotopic (exact) mass is 247 g/mol. The van der Waals surface area contributed by atoms with Crippen LogP contribution in [0.1, 0.15) is 5.56 Å². The van der Waals surface area contributed by atoms with Crippen LogP contribution in [-0.2, 0) is 0 Å². The van der Waals surface area contributed by atoms with E-state index >= 15 is 0 Å². The molecule has 0 spiro atoms. The standard InChI is InChI=1S/C8H7BrClNO/c1-5-6(10)3-2-4-7(5)11-8(9)12/h2-4H,1H3,(H,11,12). The predicted molar refractivity (Wildman–Crippen MR) is 54.1 cm³/mol. The van der Waals surface area contributed by atoms with Crippen LogP contribution in [0, 0.1) is 6.92 Å². The SMILES string of the molecule is Cc1c(Cl)cccc1NC(=O)Br. The van der Waals surface area contributed by atoms with E-state index in [-0.39, 0.29) is 4.82 Å². The molecule has 0 fully saturated rings. The third-order valence-electron chi connectivity index (χ3n) is 1.50. The Morgan fingerprint density at radius 3 is 2.83 bits per heavy atom. The number of carbonyl (C=O) groups excluding carboxylic acids is 1. The fourth-order valence-electron chi connectivity index (χ4n) is 0.849. The molecule has 1 amide bonds. The van der Waals surface area contributed by atoms with E-state index < -0.39 is 0 Å². The summed E-state index contributed by atoms with van der Waals surface area (Å²) in [6.45, 7) is 1.85. The van der Waals surface area contributed by atoms with Gasteiger partial charge in [0.1, 0.15) is 0 Å². The Morgan fingerprint density at radius 1 is 1.58 bits per heavy atom. The maximum absolute atomic E-state index is 10.6. The molecule has 0 aliphatic rings. The fourth-order valence-corrected chi connectivity index (χ4v) is 1.24. The second-order valence-electron chi connectivity index (χ2n) is 2.31. The van der Waals surface area contributed by atoms with Gasteiger partial charge in [-0.25, -0.2) is 0 Å². The Morgan fingerprint density at radius 2 is 2.25 bits per heavy atom. The van der Waals surface area contributed by atoms with Crippen LogP contribution in [0.15, 0.2) is 18.2 Å².